The van der Waals surface area contributed by atoms with Crippen LogP contribution in [0.2, 0.25) is 0 Å². The molecule has 1 aliphatic carbocycles. The van der Waals surface area contributed by atoms with E-state index in [1.165, 1.54) is 16.7 Å². The largest absolute Gasteiger partial charge is 0.493 e. The standard InChI is InChI=1S/C23H29NO3/c1-15(25)23(2)14-24-13-20(23)18-8-9-21(26-3)22(12-18)27-19-10-16-6-4-5-7-17(16)11-19/h4-9,12,15,19-20,24-25H,10-11,13-14H2,1-3H3/t15-,20+,23?/m1/s1. The maximum absolute atomic E-state index is 10.3. The molecule has 4 rings (SSSR count). The van der Waals surface area contributed by atoms with E-state index in [1.54, 1.807) is 7.11 Å². The summed E-state index contributed by atoms with van der Waals surface area (Å²) < 4.78 is 12.0. The van der Waals surface area contributed by atoms with Crippen molar-refractivity contribution in [2.45, 2.75) is 44.8 Å². The van der Waals surface area contributed by atoms with Crippen LogP contribution in [0.1, 0.15) is 36.5 Å². The summed E-state index contributed by atoms with van der Waals surface area (Å²) in [4.78, 5) is 0. The van der Waals surface area contributed by atoms with Crippen molar-refractivity contribution in [2.75, 3.05) is 20.2 Å². The third kappa shape index (κ3) is 3.32. The molecule has 0 bridgehead atoms. The van der Waals surface area contributed by atoms with E-state index in [0.29, 0.717) is 0 Å². The van der Waals surface area contributed by atoms with Crippen LogP contribution in [0, 0.1) is 5.41 Å². The van der Waals surface area contributed by atoms with Gasteiger partial charge in [0.05, 0.1) is 13.2 Å². The average molecular weight is 367 g/mol. The van der Waals surface area contributed by atoms with Gasteiger partial charge in [-0.3, -0.25) is 0 Å². The van der Waals surface area contributed by atoms with Gasteiger partial charge < -0.3 is 19.9 Å². The maximum atomic E-state index is 10.3. The maximum Gasteiger partial charge on any atom is 0.161 e. The first kappa shape index (κ1) is 18.3. The van der Waals surface area contributed by atoms with E-state index >= 15 is 0 Å². The molecule has 1 saturated heterocycles. The lowest BCUT2D eigenvalue weighted by Gasteiger charge is -2.34. The third-order valence-electron chi connectivity index (χ3n) is 6.50. The molecule has 2 aromatic rings. The Labute approximate surface area is 161 Å². The van der Waals surface area contributed by atoms with Crippen LogP contribution in [-0.2, 0) is 12.8 Å². The number of methoxy groups -OCH3 is 1. The highest BCUT2D eigenvalue weighted by atomic mass is 16.5. The summed E-state index contributed by atoms with van der Waals surface area (Å²) in [5.74, 6) is 1.80. The Morgan fingerprint density at radius 2 is 1.81 bits per heavy atom. The van der Waals surface area contributed by atoms with Gasteiger partial charge >= 0.3 is 0 Å². The molecule has 1 heterocycles. The molecule has 1 fully saturated rings. The lowest BCUT2D eigenvalue weighted by atomic mass is 9.72. The second kappa shape index (κ2) is 7.17. The number of benzene rings is 2. The molecule has 2 aliphatic rings. The summed E-state index contributed by atoms with van der Waals surface area (Å²) in [6, 6.07) is 14.8. The monoisotopic (exact) mass is 367 g/mol. The minimum atomic E-state index is -0.381. The van der Waals surface area contributed by atoms with Gasteiger partial charge in [-0.25, -0.2) is 0 Å². The fraction of sp³-hybridized carbons (Fsp3) is 0.478. The van der Waals surface area contributed by atoms with E-state index < -0.39 is 0 Å². The molecule has 0 radical (unpaired) electrons. The highest BCUT2D eigenvalue weighted by Gasteiger charge is 2.43. The number of aliphatic hydroxyl groups is 1. The molecule has 1 aliphatic heterocycles. The number of hydrogen-bond donors (Lipinski definition) is 2. The average Bonchev–Trinajstić information content (AvgIpc) is 3.25. The predicted octanol–water partition coefficient (Wildman–Crippen LogP) is 3.32. The van der Waals surface area contributed by atoms with Gasteiger partial charge in [0.2, 0.25) is 0 Å². The molecule has 0 amide bonds. The first-order valence-electron chi connectivity index (χ1n) is 9.81. The Hall–Kier alpha value is -2.04. The molecule has 27 heavy (non-hydrogen) atoms. The van der Waals surface area contributed by atoms with Gasteiger partial charge in [0.1, 0.15) is 6.10 Å². The number of aliphatic hydroxyl groups excluding tert-OH is 1. The van der Waals surface area contributed by atoms with Crippen molar-refractivity contribution in [3.63, 3.8) is 0 Å². The molecule has 0 aromatic heterocycles. The highest BCUT2D eigenvalue weighted by Crippen LogP contribution is 2.44. The summed E-state index contributed by atoms with van der Waals surface area (Å²) in [5, 5.41) is 13.8. The normalized spacial score (nSPS) is 26.0. The topological polar surface area (TPSA) is 50.7 Å². The van der Waals surface area contributed by atoms with Crippen LogP contribution >= 0.6 is 0 Å². The van der Waals surface area contributed by atoms with Crippen molar-refractivity contribution in [3.05, 3.63) is 59.2 Å². The van der Waals surface area contributed by atoms with Gasteiger partial charge in [0.15, 0.2) is 11.5 Å². The number of fused-ring (bicyclic) bond motifs is 1. The van der Waals surface area contributed by atoms with Crippen LogP contribution in [0.4, 0.5) is 0 Å². The Morgan fingerprint density at radius 3 is 2.44 bits per heavy atom. The van der Waals surface area contributed by atoms with Crippen LogP contribution in [0.3, 0.4) is 0 Å². The summed E-state index contributed by atoms with van der Waals surface area (Å²) >= 11 is 0. The van der Waals surface area contributed by atoms with Crippen LogP contribution in [0.15, 0.2) is 42.5 Å². The van der Waals surface area contributed by atoms with Gasteiger partial charge in [-0.05, 0) is 35.7 Å². The Bertz CT molecular complexity index is 794. The molecule has 0 saturated carbocycles. The lowest BCUT2D eigenvalue weighted by molar-refractivity contribution is 0.0548. The number of rotatable bonds is 5. The van der Waals surface area contributed by atoms with E-state index in [2.05, 4.69) is 48.6 Å². The smallest absolute Gasteiger partial charge is 0.161 e. The van der Waals surface area contributed by atoms with E-state index in [4.69, 9.17) is 9.47 Å². The molecule has 1 unspecified atom stereocenters. The summed E-state index contributed by atoms with van der Waals surface area (Å²) in [6.45, 7) is 5.72. The molecule has 4 heteroatoms. The number of nitrogens with one attached hydrogen (secondary N) is 1. The summed E-state index contributed by atoms with van der Waals surface area (Å²) in [5.41, 5.74) is 3.75. The Morgan fingerprint density at radius 1 is 1.11 bits per heavy atom. The van der Waals surface area contributed by atoms with Crippen molar-refractivity contribution >= 4 is 0 Å². The van der Waals surface area contributed by atoms with Gasteiger partial charge in [-0.1, -0.05) is 37.3 Å². The first-order chi connectivity index (χ1) is 13.0. The molecule has 2 aromatic carbocycles. The molecule has 3 atom stereocenters. The van der Waals surface area contributed by atoms with E-state index in [9.17, 15) is 5.11 Å². The summed E-state index contributed by atoms with van der Waals surface area (Å²) in [7, 11) is 1.68. The van der Waals surface area contributed by atoms with Gasteiger partial charge in [-0.2, -0.15) is 0 Å². The molecular formula is C23H29NO3. The number of hydrogen-bond acceptors (Lipinski definition) is 4. The zero-order valence-electron chi connectivity index (χ0n) is 16.4. The SMILES string of the molecule is COc1ccc([C@@H]2CNCC2(C)[C@@H](C)O)cc1OC1Cc2ccccc2C1. The zero-order chi connectivity index (χ0) is 19.0. The van der Waals surface area contributed by atoms with E-state index in [-0.39, 0.29) is 23.5 Å². The zero-order valence-corrected chi connectivity index (χ0v) is 16.4. The van der Waals surface area contributed by atoms with Crippen molar-refractivity contribution in [1.29, 1.82) is 0 Å². The van der Waals surface area contributed by atoms with Crippen molar-refractivity contribution in [2.24, 2.45) is 5.41 Å². The summed E-state index contributed by atoms with van der Waals surface area (Å²) in [6.07, 6.45) is 1.62. The first-order valence-corrected chi connectivity index (χ1v) is 9.81. The van der Waals surface area contributed by atoms with Gasteiger partial charge in [-0.15, -0.1) is 0 Å². The number of ether oxygens (including phenoxy) is 2. The van der Waals surface area contributed by atoms with Crippen LogP contribution in [0.5, 0.6) is 11.5 Å². The molecular weight excluding hydrogens is 338 g/mol. The van der Waals surface area contributed by atoms with Crippen LogP contribution in [-0.4, -0.2) is 37.5 Å². The van der Waals surface area contributed by atoms with Crippen molar-refractivity contribution in [3.8, 4) is 11.5 Å². The lowest BCUT2D eigenvalue weighted by Crippen LogP contribution is -2.36. The molecule has 2 N–H and O–H groups in total. The predicted molar refractivity (Wildman–Crippen MR) is 107 cm³/mol. The molecule has 0 spiro atoms. The highest BCUT2D eigenvalue weighted by molar-refractivity contribution is 5.45. The van der Waals surface area contributed by atoms with Crippen LogP contribution < -0.4 is 14.8 Å². The van der Waals surface area contributed by atoms with E-state index in [0.717, 1.165) is 37.4 Å². The fourth-order valence-electron chi connectivity index (χ4n) is 4.56. The van der Waals surface area contributed by atoms with Gasteiger partial charge in [0, 0.05) is 37.3 Å². The quantitative estimate of drug-likeness (QED) is 0.851. The van der Waals surface area contributed by atoms with E-state index in [1.807, 2.05) is 13.0 Å². The fourth-order valence-corrected chi connectivity index (χ4v) is 4.56. The van der Waals surface area contributed by atoms with Gasteiger partial charge in [0.25, 0.3) is 0 Å². The second-order valence-corrected chi connectivity index (χ2v) is 8.19. The van der Waals surface area contributed by atoms with Crippen LogP contribution in [0.25, 0.3) is 0 Å². The molecule has 4 nitrogen and oxygen atoms in total. The van der Waals surface area contributed by atoms with Crippen molar-refractivity contribution < 1.29 is 14.6 Å². The third-order valence-corrected chi connectivity index (χ3v) is 6.50. The van der Waals surface area contributed by atoms with Crippen molar-refractivity contribution in [1.82, 2.24) is 5.32 Å². The Balaban J connectivity index is 1.59. The minimum Gasteiger partial charge on any atom is -0.493 e. The Kier molecular flexibility index (Phi) is 4.87. The second-order valence-electron chi connectivity index (χ2n) is 8.19. The minimum absolute atomic E-state index is 0.136. The molecule has 144 valence electrons.